The van der Waals surface area contributed by atoms with Crippen LogP contribution in [0.15, 0.2) is 0 Å². The summed E-state index contributed by atoms with van der Waals surface area (Å²) in [5, 5.41) is 3.62. The molecule has 0 aromatic rings. The first-order valence-electron chi connectivity index (χ1n) is 6.09. The Kier molecular flexibility index (Phi) is 6.20. The molecule has 0 bridgehead atoms. The van der Waals surface area contributed by atoms with E-state index in [9.17, 15) is 0 Å². The zero-order valence-electron chi connectivity index (χ0n) is 9.72. The highest BCUT2D eigenvalue weighted by molar-refractivity contribution is 4.71. The van der Waals surface area contributed by atoms with Crippen LogP contribution in [-0.4, -0.2) is 26.3 Å². The van der Waals surface area contributed by atoms with Gasteiger partial charge in [-0.25, -0.2) is 0 Å². The van der Waals surface area contributed by atoms with Crippen LogP contribution in [0.25, 0.3) is 0 Å². The lowest BCUT2D eigenvalue weighted by Crippen LogP contribution is -2.36. The lowest BCUT2D eigenvalue weighted by Gasteiger charge is -2.24. The van der Waals surface area contributed by atoms with E-state index in [0.717, 1.165) is 12.5 Å². The van der Waals surface area contributed by atoms with E-state index in [1.165, 1.54) is 45.1 Å². The number of ether oxygens (including phenoxy) is 1. The fourth-order valence-electron chi connectivity index (χ4n) is 2.25. The molecule has 2 heteroatoms. The van der Waals surface area contributed by atoms with E-state index < -0.39 is 0 Å². The molecule has 0 aliphatic heterocycles. The molecule has 0 heterocycles. The highest BCUT2D eigenvalue weighted by atomic mass is 16.5. The zero-order chi connectivity index (χ0) is 10.2. The van der Waals surface area contributed by atoms with Gasteiger partial charge in [-0.2, -0.15) is 0 Å². The zero-order valence-corrected chi connectivity index (χ0v) is 9.72. The lowest BCUT2D eigenvalue weighted by atomic mass is 9.89. The fraction of sp³-hybridized carbons (Fsp3) is 1.00. The van der Waals surface area contributed by atoms with Gasteiger partial charge in [-0.15, -0.1) is 0 Å². The molecule has 1 aliphatic carbocycles. The largest absolute Gasteiger partial charge is 0.383 e. The van der Waals surface area contributed by atoms with Gasteiger partial charge in [0.2, 0.25) is 0 Å². The first-order valence-corrected chi connectivity index (χ1v) is 6.09. The molecule has 1 fully saturated rings. The van der Waals surface area contributed by atoms with Crippen molar-refractivity contribution < 1.29 is 4.74 Å². The lowest BCUT2D eigenvalue weighted by molar-refractivity contribution is 0.160. The van der Waals surface area contributed by atoms with E-state index in [-0.39, 0.29) is 0 Å². The van der Waals surface area contributed by atoms with Crippen molar-refractivity contribution in [1.29, 1.82) is 0 Å². The van der Waals surface area contributed by atoms with Crippen LogP contribution in [-0.2, 0) is 4.74 Å². The van der Waals surface area contributed by atoms with Crippen LogP contribution in [0.5, 0.6) is 0 Å². The van der Waals surface area contributed by atoms with E-state index in [4.69, 9.17) is 4.74 Å². The Labute approximate surface area is 88.4 Å². The molecular formula is C12H25NO. The standard InChI is InChI=1S/C12H25NO/c1-3-12(10-14-2)13-9-11-7-5-4-6-8-11/h11-13H,3-10H2,1-2H3. The quantitative estimate of drug-likeness (QED) is 0.710. The normalized spacial score (nSPS) is 21.0. The average molecular weight is 199 g/mol. The molecule has 0 radical (unpaired) electrons. The molecule has 1 aliphatic rings. The molecule has 0 aromatic carbocycles. The number of rotatable bonds is 6. The molecule has 0 saturated heterocycles. The Hall–Kier alpha value is -0.0800. The minimum absolute atomic E-state index is 0.557. The van der Waals surface area contributed by atoms with Crippen molar-refractivity contribution in [3.8, 4) is 0 Å². The number of hydrogen-bond acceptors (Lipinski definition) is 2. The average Bonchev–Trinajstić information content (AvgIpc) is 2.25. The third-order valence-corrected chi connectivity index (χ3v) is 3.28. The van der Waals surface area contributed by atoms with E-state index in [1.54, 1.807) is 7.11 Å². The second kappa shape index (κ2) is 7.24. The summed E-state index contributed by atoms with van der Waals surface area (Å²) in [6, 6.07) is 0.557. The molecule has 1 saturated carbocycles. The number of nitrogens with one attached hydrogen (secondary N) is 1. The predicted molar refractivity (Wildman–Crippen MR) is 60.5 cm³/mol. The van der Waals surface area contributed by atoms with Crippen molar-refractivity contribution in [2.24, 2.45) is 5.92 Å². The highest BCUT2D eigenvalue weighted by Crippen LogP contribution is 2.22. The van der Waals surface area contributed by atoms with Crippen molar-refractivity contribution >= 4 is 0 Å². The van der Waals surface area contributed by atoms with Gasteiger partial charge in [0.1, 0.15) is 0 Å². The second-order valence-corrected chi connectivity index (χ2v) is 4.47. The van der Waals surface area contributed by atoms with Gasteiger partial charge < -0.3 is 10.1 Å². The molecule has 1 rings (SSSR count). The molecule has 1 N–H and O–H groups in total. The summed E-state index contributed by atoms with van der Waals surface area (Å²) in [4.78, 5) is 0. The summed E-state index contributed by atoms with van der Waals surface area (Å²) in [6.07, 6.45) is 8.35. The third-order valence-electron chi connectivity index (χ3n) is 3.28. The first-order chi connectivity index (χ1) is 6.86. The Bertz CT molecular complexity index is 128. The van der Waals surface area contributed by atoms with E-state index in [0.29, 0.717) is 6.04 Å². The molecule has 14 heavy (non-hydrogen) atoms. The van der Waals surface area contributed by atoms with Crippen molar-refractivity contribution in [2.75, 3.05) is 20.3 Å². The van der Waals surface area contributed by atoms with Gasteiger partial charge in [-0.05, 0) is 31.7 Å². The van der Waals surface area contributed by atoms with Crippen LogP contribution in [0.2, 0.25) is 0 Å². The topological polar surface area (TPSA) is 21.3 Å². The Morgan fingerprint density at radius 1 is 1.29 bits per heavy atom. The molecule has 84 valence electrons. The summed E-state index contributed by atoms with van der Waals surface area (Å²) in [5.41, 5.74) is 0. The van der Waals surface area contributed by atoms with Crippen LogP contribution in [0, 0.1) is 5.92 Å². The van der Waals surface area contributed by atoms with Crippen molar-refractivity contribution in [1.82, 2.24) is 5.32 Å². The van der Waals surface area contributed by atoms with Crippen LogP contribution in [0.4, 0.5) is 0 Å². The summed E-state index contributed by atoms with van der Waals surface area (Å²) >= 11 is 0. The Morgan fingerprint density at radius 2 is 2.00 bits per heavy atom. The predicted octanol–water partition coefficient (Wildman–Crippen LogP) is 2.58. The van der Waals surface area contributed by atoms with E-state index in [1.807, 2.05) is 0 Å². The van der Waals surface area contributed by atoms with Gasteiger partial charge in [0.25, 0.3) is 0 Å². The van der Waals surface area contributed by atoms with Gasteiger partial charge in [-0.3, -0.25) is 0 Å². The Morgan fingerprint density at radius 3 is 2.57 bits per heavy atom. The maximum Gasteiger partial charge on any atom is 0.0615 e. The molecule has 1 unspecified atom stereocenters. The van der Waals surface area contributed by atoms with Gasteiger partial charge in [0.15, 0.2) is 0 Å². The van der Waals surface area contributed by atoms with Crippen LogP contribution >= 0.6 is 0 Å². The van der Waals surface area contributed by atoms with E-state index >= 15 is 0 Å². The second-order valence-electron chi connectivity index (χ2n) is 4.47. The minimum atomic E-state index is 0.557. The van der Waals surface area contributed by atoms with Crippen LogP contribution < -0.4 is 5.32 Å². The Balaban J connectivity index is 2.10. The van der Waals surface area contributed by atoms with Crippen molar-refractivity contribution in [2.45, 2.75) is 51.5 Å². The smallest absolute Gasteiger partial charge is 0.0615 e. The summed E-state index contributed by atoms with van der Waals surface area (Å²) in [6.45, 7) is 4.27. The summed E-state index contributed by atoms with van der Waals surface area (Å²) in [5.74, 6) is 0.926. The molecule has 1 atom stereocenters. The monoisotopic (exact) mass is 199 g/mol. The van der Waals surface area contributed by atoms with Gasteiger partial charge in [0.05, 0.1) is 6.61 Å². The maximum atomic E-state index is 5.17. The first kappa shape index (κ1) is 12.0. The molecular weight excluding hydrogens is 174 g/mol. The molecule has 0 spiro atoms. The van der Waals surface area contributed by atoms with Gasteiger partial charge in [0, 0.05) is 13.2 Å². The van der Waals surface area contributed by atoms with Crippen LogP contribution in [0.3, 0.4) is 0 Å². The fourth-order valence-corrected chi connectivity index (χ4v) is 2.25. The number of methoxy groups -OCH3 is 1. The highest BCUT2D eigenvalue weighted by Gasteiger charge is 2.14. The summed E-state index contributed by atoms with van der Waals surface area (Å²) < 4.78 is 5.17. The number of hydrogen-bond donors (Lipinski definition) is 1. The van der Waals surface area contributed by atoms with Crippen molar-refractivity contribution in [3.05, 3.63) is 0 Å². The molecule has 0 aromatic heterocycles. The molecule has 2 nitrogen and oxygen atoms in total. The van der Waals surface area contributed by atoms with Crippen LogP contribution in [0.1, 0.15) is 45.4 Å². The maximum absolute atomic E-state index is 5.17. The summed E-state index contributed by atoms with van der Waals surface area (Å²) in [7, 11) is 1.78. The van der Waals surface area contributed by atoms with Crippen molar-refractivity contribution in [3.63, 3.8) is 0 Å². The third kappa shape index (κ3) is 4.43. The minimum Gasteiger partial charge on any atom is -0.383 e. The SMILES string of the molecule is CCC(COC)NCC1CCCCC1. The van der Waals surface area contributed by atoms with E-state index in [2.05, 4.69) is 12.2 Å². The van der Waals surface area contributed by atoms with Gasteiger partial charge >= 0.3 is 0 Å². The van der Waals surface area contributed by atoms with Gasteiger partial charge in [-0.1, -0.05) is 26.2 Å². The molecule has 0 amide bonds.